The van der Waals surface area contributed by atoms with Gasteiger partial charge >= 0.3 is 11.9 Å². The molecule has 122 valence electrons. The second-order valence-corrected chi connectivity index (χ2v) is 4.91. The van der Waals surface area contributed by atoms with Crippen molar-refractivity contribution in [3.8, 4) is 0 Å². The van der Waals surface area contributed by atoms with E-state index in [0.29, 0.717) is 0 Å². The maximum absolute atomic E-state index is 12.5. The normalized spacial score (nSPS) is 14.6. The van der Waals surface area contributed by atoms with E-state index in [-0.39, 0.29) is 24.3 Å². The van der Waals surface area contributed by atoms with Crippen molar-refractivity contribution in [1.82, 2.24) is 0 Å². The molecule has 1 aromatic rings. The topological polar surface area (TPSA) is 107 Å². The average molecular weight is 320 g/mol. The lowest BCUT2D eigenvalue weighted by molar-refractivity contribution is -0.186. The van der Waals surface area contributed by atoms with Gasteiger partial charge in [-0.15, -0.1) is 0 Å². The van der Waals surface area contributed by atoms with Crippen LogP contribution in [0.3, 0.4) is 0 Å². The van der Waals surface area contributed by atoms with Gasteiger partial charge < -0.3 is 14.6 Å². The number of benzene rings is 1. The Bertz CT molecular complexity index is 624. The zero-order chi connectivity index (χ0) is 17.2. The second-order valence-electron chi connectivity index (χ2n) is 4.91. The molecule has 2 rings (SSSR count). The van der Waals surface area contributed by atoms with Gasteiger partial charge in [-0.1, -0.05) is 24.3 Å². The fraction of sp³-hybridized carbons (Fsp3) is 0.375. The third-order valence-electron chi connectivity index (χ3n) is 3.57. The molecule has 23 heavy (non-hydrogen) atoms. The lowest BCUT2D eigenvalue weighted by Gasteiger charge is -2.27. The van der Waals surface area contributed by atoms with Gasteiger partial charge in [-0.05, 0) is 13.8 Å². The maximum Gasteiger partial charge on any atom is 0.351 e. The smallest absolute Gasteiger partial charge is 0.351 e. The first-order chi connectivity index (χ1) is 10.9. The number of fused-ring (bicyclic) bond motifs is 1. The van der Waals surface area contributed by atoms with E-state index in [1.54, 1.807) is 12.1 Å². The standard InChI is InChI=1S/C16H16O7/c1-3-22-14(19)16(21,15(20)23-4-2)11-12(17)9-7-5-6-8-10(9)13(11)18/h5-8,11,21H,3-4H2,1-2H3. The van der Waals surface area contributed by atoms with Gasteiger partial charge in [0, 0.05) is 11.1 Å². The van der Waals surface area contributed by atoms with Crippen molar-refractivity contribution in [3.63, 3.8) is 0 Å². The highest BCUT2D eigenvalue weighted by Gasteiger charge is 2.62. The summed E-state index contributed by atoms with van der Waals surface area (Å²) in [6.45, 7) is 2.66. The van der Waals surface area contributed by atoms with Crippen molar-refractivity contribution in [2.24, 2.45) is 5.92 Å². The van der Waals surface area contributed by atoms with Crippen LogP contribution < -0.4 is 0 Å². The Balaban J connectivity index is 2.53. The first kappa shape index (κ1) is 16.8. The molecule has 0 fully saturated rings. The molecule has 0 atom stereocenters. The minimum Gasteiger partial charge on any atom is -0.463 e. The van der Waals surface area contributed by atoms with Crippen LogP contribution in [0.25, 0.3) is 0 Å². The number of carbonyl (C=O) groups excluding carboxylic acids is 4. The largest absolute Gasteiger partial charge is 0.463 e. The summed E-state index contributed by atoms with van der Waals surface area (Å²) in [6.07, 6.45) is 0. The van der Waals surface area contributed by atoms with Crippen LogP contribution in [0.2, 0.25) is 0 Å². The van der Waals surface area contributed by atoms with Gasteiger partial charge in [0.15, 0.2) is 11.6 Å². The molecule has 0 saturated carbocycles. The summed E-state index contributed by atoms with van der Waals surface area (Å²) in [5.41, 5.74) is -2.90. The molecular weight excluding hydrogens is 304 g/mol. The average Bonchev–Trinajstić information content (AvgIpc) is 2.79. The SMILES string of the molecule is CCOC(=O)C(O)(C(=O)OCC)C1C(=O)c2ccccc2C1=O. The lowest BCUT2D eigenvalue weighted by atomic mass is 9.83. The van der Waals surface area contributed by atoms with Crippen LogP contribution >= 0.6 is 0 Å². The zero-order valence-corrected chi connectivity index (χ0v) is 12.7. The number of rotatable bonds is 5. The van der Waals surface area contributed by atoms with E-state index in [1.807, 2.05) is 0 Å². The van der Waals surface area contributed by atoms with Gasteiger partial charge in [-0.25, -0.2) is 9.59 Å². The quantitative estimate of drug-likeness (QED) is 0.623. The maximum atomic E-state index is 12.5. The number of hydrogen-bond donors (Lipinski definition) is 1. The van der Waals surface area contributed by atoms with Crippen LogP contribution in [0.15, 0.2) is 24.3 Å². The minimum absolute atomic E-state index is 0.0505. The summed E-state index contributed by atoms with van der Waals surface area (Å²) in [4.78, 5) is 49.2. The molecule has 1 aliphatic rings. The van der Waals surface area contributed by atoms with Crippen molar-refractivity contribution in [2.45, 2.75) is 19.4 Å². The monoisotopic (exact) mass is 320 g/mol. The molecule has 7 heteroatoms. The van der Waals surface area contributed by atoms with Gasteiger partial charge in [0.05, 0.1) is 13.2 Å². The van der Waals surface area contributed by atoms with Crippen LogP contribution in [-0.2, 0) is 19.1 Å². The van der Waals surface area contributed by atoms with Crippen LogP contribution in [0.4, 0.5) is 0 Å². The summed E-state index contributed by atoms with van der Waals surface area (Å²) in [7, 11) is 0. The van der Waals surface area contributed by atoms with Gasteiger partial charge in [0.2, 0.25) is 0 Å². The van der Waals surface area contributed by atoms with E-state index in [2.05, 4.69) is 9.47 Å². The van der Waals surface area contributed by atoms with Crippen LogP contribution in [0.5, 0.6) is 0 Å². The molecule has 0 unspecified atom stereocenters. The summed E-state index contributed by atoms with van der Waals surface area (Å²) < 4.78 is 9.38. The molecule has 1 aromatic carbocycles. The molecule has 0 bridgehead atoms. The molecule has 7 nitrogen and oxygen atoms in total. The predicted molar refractivity (Wildman–Crippen MR) is 76.8 cm³/mol. The number of ketones is 2. The van der Waals surface area contributed by atoms with E-state index >= 15 is 0 Å². The molecule has 0 saturated heterocycles. The summed E-state index contributed by atoms with van der Waals surface area (Å²) in [6, 6.07) is 5.87. The second kappa shape index (κ2) is 6.29. The first-order valence-electron chi connectivity index (χ1n) is 7.13. The molecule has 1 aliphatic carbocycles. The molecule has 0 aromatic heterocycles. The summed E-state index contributed by atoms with van der Waals surface area (Å²) in [5, 5.41) is 10.6. The van der Waals surface area contributed by atoms with E-state index < -0.39 is 35.0 Å². The Morgan fingerprint density at radius 2 is 1.39 bits per heavy atom. The van der Waals surface area contributed by atoms with Crippen molar-refractivity contribution < 1.29 is 33.8 Å². The number of hydrogen-bond acceptors (Lipinski definition) is 7. The van der Waals surface area contributed by atoms with E-state index in [0.717, 1.165) is 0 Å². The number of esters is 2. The predicted octanol–water partition coefficient (Wildman–Crippen LogP) is 0.539. The highest BCUT2D eigenvalue weighted by Crippen LogP contribution is 2.35. The van der Waals surface area contributed by atoms with Crippen molar-refractivity contribution >= 4 is 23.5 Å². The summed E-state index contributed by atoms with van der Waals surface area (Å²) in [5.74, 6) is -6.28. The van der Waals surface area contributed by atoms with E-state index in [9.17, 15) is 24.3 Å². The highest BCUT2D eigenvalue weighted by atomic mass is 16.6. The number of Topliss-reactive ketones (excluding diaryl/α,β-unsaturated/α-hetero) is 2. The van der Waals surface area contributed by atoms with E-state index in [4.69, 9.17) is 0 Å². The number of aliphatic hydroxyl groups is 1. The number of ether oxygens (including phenoxy) is 2. The molecule has 0 radical (unpaired) electrons. The third-order valence-corrected chi connectivity index (χ3v) is 3.57. The Morgan fingerprint density at radius 3 is 1.74 bits per heavy atom. The lowest BCUT2D eigenvalue weighted by Crippen LogP contribution is -2.58. The van der Waals surface area contributed by atoms with E-state index in [1.165, 1.54) is 26.0 Å². The molecule has 0 amide bonds. The third kappa shape index (κ3) is 2.53. The Labute approximate surface area is 132 Å². The van der Waals surface area contributed by atoms with Gasteiger partial charge in [-0.2, -0.15) is 0 Å². The fourth-order valence-corrected chi connectivity index (χ4v) is 2.52. The molecule has 0 aliphatic heterocycles. The van der Waals surface area contributed by atoms with Crippen LogP contribution in [0.1, 0.15) is 34.6 Å². The van der Waals surface area contributed by atoms with Crippen molar-refractivity contribution in [3.05, 3.63) is 35.4 Å². The van der Waals surface area contributed by atoms with Crippen molar-refractivity contribution in [1.29, 1.82) is 0 Å². The van der Waals surface area contributed by atoms with Crippen LogP contribution in [-0.4, -0.2) is 47.4 Å². The number of carbonyl (C=O) groups is 4. The first-order valence-corrected chi connectivity index (χ1v) is 7.13. The van der Waals surface area contributed by atoms with Gasteiger partial charge in [0.1, 0.15) is 5.92 Å². The molecule has 0 heterocycles. The molecular formula is C16H16O7. The van der Waals surface area contributed by atoms with Gasteiger partial charge in [-0.3, -0.25) is 9.59 Å². The molecule has 0 spiro atoms. The minimum atomic E-state index is -3.00. The fourth-order valence-electron chi connectivity index (χ4n) is 2.52. The van der Waals surface area contributed by atoms with Gasteiger partial charge in [0.25, 0.3) is 5.60 Å². The van der Waals surface area contributed by atoms with Crippen LogP contribution in [0, 0.1) is 5.92 Å². The molecule has 1 N–H and O–H groups in total. The van der Waals surface area contributed by atoms with Crippen molar-refractivity contribution in [2.75, 3.05) is 13.2 Å². The summed E-state index contributed by atoms with van der Waals surface area (Å²) >= 11 is 0. The Morgan fingerprint density at radius 1 is 1.00 bits per heavy atom. The highest BCUT2D eigenvalue weighted by molar-refractivity contribution is 6.31. The zero-order valence-electron chi connectivity index (χ0n) is 12.7. The Kier molecular flexibility index (Phi) is 4.60. The Hall–Kier alpha value is -2.54.